The molecule has 23 heavy (non-hydrogen) atoms. The third-order valence-electron chi connectivity index (χ3n) is 4.18. The Morgan fingerprint density at radius 3 is 2.74 bits per heavy atom. The Labute approximate surface area is 137 Å². The fourth-order valence-electron chi connectivity index (χ4n) is 2.81. The van der Waals surface area contributed by atoms with E-state index in [-0.39, 0.29) is 0 Å². The number of para-hydroxylation sites is 1. The first kappa shape index (κ1) is 16.0. The summed E-state index contributed by atoms with van der Waals surface area (Å²) < 4.78 is 27.4. The highest BCUT2D eigenvalue weighted by Crippen LogP contribution is 2.30. The van der Waals surface area contributed by atoms with Gasteiger partial charge < -0.3 is 9.47 Å². The highest BCUT2D eigenvalue weighted by Gasteiger charge is 2.15. The van der Waals surface area contributed by atoms with E-state index >= 15 is 0 Å². The lowest BCUT2D eigenvalue weighted by atomic mass is 9.99. The van der Waals surface area contributed by atoms with Crippen LogP contribution in [-0.2, 0) is 10.0 Å². The van der Waals surface area contributed by atoms with Crippen LogP contribution in [0.15, 0.2) is 41.9 Å². The molecule has 0 fully saturated rings. The zero-order valence-corrected chi connectivity index (χ0v) is 14.2. The van der Waals surface area contributed by atoms with Crippen LogP contribution in [0.2, 0.25) is 0 Å². The molecule has 1 aromatic heterocycles. The van der Waals surface area contributed by atoms with E-state index in [2.05, 4.69) is 28.8 Å². The van der Waals surface area contributed by atoms with Gasteiger partial charge in [-0.2, -0.15) is 0 Å². The molecule has 2 aromatic rings. The molecule has 1 N–H and O–H groups in total. The maximum absolute atomic E-state index is 11.6. The molecule has 6 heteroatoms. The zero-order chi connectivity index (χ0) is 16.4. The fourth-order valence-corrected chi connectivity index (χ4v) is 3.24. The SMILES string of the molecule is CNS(=O)(=O)C=Cn1cc(C2=CCN(C)CC2)c2ccccc21. The van der Waals surface area contributed by atoms with Gasteiger partial charge in [0, 0.05) is 36.4 Å². The summed E-state index contributed by atoms with van der Waals surface area (Å²) in [5, 5.41) is 2.33. The van der Waals surface area contributed by atoms with Crippen LogP contribution in [0.3, 0.4) is 0 Å². The molecule has 0 saturated carbocycles. The topological polar surface area (TPSA) is 54.3 Å². The quantitative estimate of drug-likeness (QED) is 0.935. The van der Waals surface area contributed by atoms with Gasteiger partial charge in [-0.05, 0) is 32.2 Å². The van der Waals surface area contributed by atoms with Crippen molar-refractivity contribution in [1.82, 2.24) is 14.2 Å². The highest BCUT2D eigenvalue weighted by molar-refractivity contribution is 7.92. The first-order valence-electron chi connectivity index (χ1n) is 7.59. The summed E-state index contributed by atoms with van der Waals surface area (Å²) in [6, 6.07) is 8.07. The van der Waals surface area contributed by atoms with E-state index in [1.807, 2.05) is 29.0 Å². The number of nitrogens with one attached hydrogen (secondary N) is 1. The van der Waals surface area contributed by atoms with E-state index in [9.17, 15) is 8.42 Å². The molecule has 0 spiro atoms. The second kappa shape index (κ2) is 6.31. The minimum Gasteiger partial charge on any atom is -0.322 e. The molecule has 0 atom stereocenters. The van der Waals surface area contributed by atoms with Crippen LogP contribution >= 0.6 is 0 Å². The largest absolute Gasteiger partial charge is 0.322 e. The molecule has 0 aliphatic carbocycles. The van der Waals surface area contributed by atoms with Crippen molar-refractivity contribution in [1.29, 1.82) is 0 Å². The first-order valence-corrected chi connectivity index (χ1v) is 9.14. The van der Waals surface area contributed by atoms with E-state index in [4.69, 9.17) is 0 Å². The summed E-state index contributed by atoms with van der Waals surface area (Å²) >= 11 is 0. The van der Waals surface area contributed by atoms with Crippen LogP contribution in [0.5, 0.6) is 0 Å². The predicted molar refractivity (Wildman–Crippen MR) is 95.3 cm³/mol. The molecule has 3 rings (SSSR count). The third-order valence-corrected chi connectivity index (χ3v) is 5.23. The Morgan fingerprint density at radius 1 is 1.26 bits per heavy atom. The molecule has 5 nitrogen and oxygen atoms in total. The summed E-state index contributed by atoms with van der Waals surface area (Å²) in [4.78, 5) is 2.28. The van der Waals surface area contributed by atoms with Gasteiger partial charge in [-0.1, -0.05) is 24.3 Å². The minimum absolute atomic E-state index is 0.943. The van der Waals surface area contributed by atoms with Crippen molar-refractivity contribution < 1.29 is 8.42 Å². The molecule has 0 bridgehead atoms. The fraction of sp³-hybridized carbons (Fsp3) is 0.294. The Hall–Kier alpha value is -1.89. The predicted octanol–water partition coefficient (Wildman–Crippen LogP) is 2.34. The van der Waals surface area contributed by atoms with E-state index in [0.717, 1.165) is 30.4 Å². The molecule has 1 aromatic carbocycles. The minimum atomic E-state index is -3.38. The molecule has 0 saturated heterocycles. The smallest absolute Gasteiger partial charge is 0.234 e. The average molecular weight is 331 g/mol. The van der Waals surface area contributed by atoms with Gasteiger partial charge in [-0.25, -0.2) is 13.1 Å². The standard InChI is InChI=1S/C17H21N3O2S/c1-18-23(21,22)12-11-20-13-16(14-7-9-19(2)10-8-14)15-5-3-4-6-17(15)20/h3-7,11-13,18H,8-10H2,1-2H3. The lowest BCUT2D eigenvalue weighted by Gasteiger charge is -2.21. The lowest BCUT2D eigenvalue weighted by Crippen LogP contribution is -2.23. The molecular formula is C17H21N3O2S. The van der Waals surface area contributed by atoms with Crippen molar-refractivity contribution >= 4 is 32.7 Å². The van der Waals surface area contributed by atoms with E-state index in [1.165, 1.54) is 23.6 Å². The van der Waals surface area contributed by atoms with Gasteiger partial charge in [0.15, 0.2) is 0 Å². The molecule has 1 aliphatic heterocycles. The molecule has 122 valence electrons. The number of hydrogen-bond acceptors (Lipinski definition) is 3. The average Bonchev–Trinajstić information content (AvgIpc) is 2.93. The van der Waals surface area contributed by atoms with Crippen LogP contribution in [0.4, 0.5) is 0 Å². The Kier molecular flexibility index (Phi) is 4.39. The van der Waals surface area contributed by atoms with Crippen LogP contribution in [0.1, 0.15) is 12.0 Å². The number of benzene rings is 1. The number of rotatable bonds is 4. The van der Waals surface area contributed by atoms with Crippen molar-refractivity contribution in [3.8, 4) is 0 Å². The van der Waals surface area contributed by atoms with Crippen LogP contribution in [-0.4, -0.2) is 45.1 Å². The summed E-state index contributed by atoms with van der Waals surface area (Å²) in [5.41, 5.74) is 3.51. The van der Waals surface area contributed by atoms with Gasteiger partial charge in [0.25, 0.3) is 0 Å². The van der Waals surface area contributed by atoms with Gasteiger partial charge in [0.2, 0.25) is 10.0 Å². The summed E-state index contributed by atoms with van der Waals surface area (Å²) in [6.07, 6.45) is 6.86. The van der Waals surface area contributed by atoms with Gasteiger partial charge in [-0.15, -0.1) is 0 Å². The molecule has 0 unspecified atom stereocenters. The Morgan fingerprint density at radius 2 is 2.04 bits per heavy atom. The molecule has 0 radical (unpaired) electrons. The number of likely N-dealkylation sites (N-methyl/N-ethyl adjacent to an activating group) is 1. The van der Waals surface area contributed by atoms with Crippen LogP contribution in [0.25, 0.3) is 22.7 Å². The summed E-state index contributed by atoms with van der Waals surface area (Å²) in [5.74, 6) is 0. The number of aromatic nitrogens is 1. The number of nitrogens with zero attached hydrogens (tertiary/aromatic N) is 2. The van der Waals surface area contributed by atoms with Gasteiger partial charge in [0.05, 0.1) is 10.9 Å². The van der Waals surface area contributed by atoms with Gasteiger partial charge >= 0.3 is 0 Å². The van der Waals surface area contributed by atoms with Gasteiger partial charge in [-0.3, -0.25) is 0 Å². The molecule has 1 aliphatic rings. The Balaban J connectivity index is 2.07. The third kappa shape index (κ3) is 3.39. The monoisotopic (exact) mass is 331 g/mol. The van der Waals surface area contributed by atoms with E-state index in [0.29, 0.717) is 0 Å². The number of sulfonamides is 1. The van der Waals surface area contributed by atoms with Crippen molar-refractivity contribution in [3.63, 3.8) is 0 Å². The maximum atomic E-state index is 11.6. The van der Waals surface area contributed by atoms with Crippen molar-refractivity contribution in [2.75, 3.05) is 27.2 Å². The Bertz CT molecular complexity index is 878. The van der Waals surface area contributed by atoms with Crippen molar-refractivity contribution in [2.24, 2.45) is 0 Å². The molecular weight excluding hydrogens is 310 g/mol. The van der Waals surface area contributed by atoms with Crippen LogP contribution in [0, 0.1) is 0 Å². The lowest BCUT2D eigenvalue weighted by molar-refractivity contribution is 0.370. The highest BCUT2D eigenvalue weighted by atomic mass is 32.2. The van der Waals surface area contributed by atoms with E-state index < -0.39 is 10.0 Å². The normalized spacial score (nSPS) is 17.0. The van der Waals surface area contributed by atoms with Crippen LogP contribution < -0.4 is 4.72 Å². The summed E-state index contributed by atoms with van der Waals surface area (Å²) in [7, 11) is 0.136. The van der Waals surface area contributed by atoms with Crippen molar-refractivity contribution in [3.05, 3.63) is 47.5 Å². The van der Waals surface area contributed by atoms with Gasteiger partial charge in [0.1, 0.15) is 0 Å². The van der Waals surface area contributed by atoms with Crippen molar-refractivity contribution in [2.45, 2.75) is 6.42 Å². The zero-order valence-electron chi connectivity index (χ0n) is 13.4. The maximum Gasteiger partial charge on any atom is 0.234 e. The number of fused-ring (bicyclic) bond motifs is 1. The second-order valence-corrected chi connectivity index (χ2v) is 7.51. The second-order valence-electron chi connectivity index (χ2n) is 5.74. The molecule has 2 heterocycles. The van der Waals surface area contributed by atoms with E-state index in [1.54, 1.807) is 6.20 Å². The first-order chi connectivity index (χ1) is 11.0. The molecule has 0 amide bonds. The summed E-state index contributed by atoms with van der Waals surface area (Å²) in [6.45, 7) is 1.98. The number of hydrogen-bond donors (Lipinski definition) is 1.